The first-order chi connectivity index (χ1) is 18.1. The molecule has 0 aromatic rings. The number of nitriles is 1. The smallest absolute Gasteiger partial charge is 0.302 e. The molecule has 0 heterocycles. The van der Waals surface area contributed by atoms with Crippen LogP contribution in [0.15, 0.2) is 23.3 Å². The molecule has 0 spiro atoms. The summed E-state index contributed by atoms with van der Waals surface area (Å²) in [5.74, 6) is 0.168. The minimum absolute atomic E-state index is 0.0319. The molecule has 3 saturated carbocycles. The zero-order valence-electron chi connectivity index (χ0n) is 25.1. The lowest BCUT2D eigenvalue weighted by molar-refractivity contribution is -0.171. The standard InChI is InChI=1S/C34H47NO4/c1-21-24-9-11-32(6)27(31(24,5)18-23(20-35)29(21)38)17-26(37)28-25-19-30(3,4)12-14-34(25,15-13-33(28,32)7)10-8-16-39-22(2)36/h17-18,21,24-25,28H,8-16,19H2,1-7H3/t21-,24-,25-,28-,31-,32+,33+,34+/m0/s1. The van der Waals surface area contributed by atoms with Gasteiger partial charge in [0.05, 0.1) is 12.2 Å². The van der Waals surface area contributed by atoms with Crippen molar-refractivity contribution in [3.05, 3.63) is 23.3 Å². The number of Topliss-reactive ketones (excluding diaryl/α,β-unsaturated/α-hetero) is 1. The molecule has 0 amide bonds. The Kier molecular flexibility index (Phi) is 6.64. The van der Waals surface area contributed by atoms with Crippen molar-refractivity contribution in [3.8, 4) is 6.07 Å². The fourth-order valence-corrected chi connectivity index (χ4v) is 10.4. The van der Waals surface area contributed by atoms with Crippen LogP contribution in [0.25, 0.3) is 0 Å². The van der Waals surface area contributed by atoms with Crippen molar-refractivity contribution >= 4 is 17.5 Å². The molecule has 39 heavy (non-hydrogen) atoms. The van der Waals surface area contributed by atoms with E-state index < -0.39 is 5.41 Å². The highest BCUT2D eigenvalue weighted by atomic mass is 16.5. The fraction of sp³-hybridized carbons (Fsp3) is 0.765. The van der Waals surface area contributed by atoms with Gasteiger partial charge in [0.25, 0.3) is 0 Å². The van der Waals surface area contributed by atoms with Gasteiger partial charge in [-0.25, -0.2) is 0 Å². The number of carbonyl (C=O) groups is 3. The van der Waals surface area contributed by atoms with E-state index in [2.05, 4.69) is 40.7 Å². The summed E-state index contributed by atoms with van der Waals surface area (Å²) in [5, 5.41) is 9.81. The number of hydrogen-bond donors (Lipinski definition) is 0. The van der Waals surface area contributed by atoms with E-state index in [0.29, 0.717) is 12.5 Å². The lowest BCUT2D eigenvalue weighted by Gasteiger charge is -2.69. The van der Waals surface area contributed by atoms with Gasteiger partial charge in [-0.15, -0.1) is 0 Å². The number of hydrogen-bond acceptors (Lipinski definition) is 5. The predicted molar refractivity (Wildman–Crippen MR) is 150 cm³/mol. The largest absolute Gasteiger partial charge is 0.466 e. The Morgan fingerprint density at radius 2 is 1.74 bits per heavy atom. The number of rotatable bonds is 4. The second kappa shape index (κ2) is 9.15. The third kappa shape index (κ3) is 4.02. The van der Waals surface area contributed by atoms with Crippen molar-refractivity contribution in [1.82, 2.24) is 0 Å². The molecule has 5 heteroatoms. The van der Waals surface area contributed by atoms with E-state index >= 15 is 0 Å². The average molecular weight is 534 g/mol. The van der Waals surface area contributed by atoms with Gasteiger partial charge in [-0.05, 0) is 97.4 Å². The van der Waals surface area contributed by atoms with Crippen molar-refractivity contribution in [2.75, 3.05) is 6.61 Å². The van der Waals surface area contributed by atoms with Crippen LogP contribution in [0.1, 0.15) is 106 Å². The maximum absolute atomic E-state index is 14.5. The predicted octanol–water partition coefficient (Wildman–Crippen LogP) is 7.16. The van der Waals surface area contributed by atoms with Gasteiger partial charge in [0, 0.05) is 24.2 Å². The van der Waals surface area contributed by atoms with E-state index in [9.17, 15) is 19.6 Å². The normalized spacial score (nSPS) is 44.5. The summed E-state index contributed by atoms with van der Waals surface area (Å²) in [7, 11) is 0. The first-order valence-corrected chi connectivity index (χ1v) is 15.2. The van der Waals surface area contributed by atoms with Crippen LogP contribution in [-0.2, 0) is 19.1 Å². The molecule has 0 unspecified atom stereocenters. The number of fused-ring (bicyclic) bond motifs is 7. The van der Waals surface area contributed by atoms with Crippen molar-refractivity contribution in [1.29, 1.82) is 5.26 Å². The molecule has 0 N–H and O–H groups in total. The molecule has 0 bridgehead atoms. The molecule has 0 aliphatic heterocycles. The highest BCUT2D eigenvalue weighted by Crippen LogP contribution is 2.74. The number of ether oxygens (including phenoxy) is 1. The Morgan fingerprint density at radius 1 is 1.05 bits per heavy atom. The van der Waals surface area contributed by atoms with Crippen LogP contribution in [-0.4, -0.2) is 24.1 Å². The molecule has 0 aromatic heterocycles. The lowest BCUT2D eigenvalue weighted by atomic mass is 9.34. The summed E-state index contributed by atoms with van der Waals surface area (Å²) >= 11 is 0. The highest BCUT2D eigenvalue weighted by Gasteiger charge is 2.68. The molecule has 5 rings (SSSR count). The van der Waals surface area contributed by atoms with Crippen LogP contribution in [0.3, 0.4) is 0 Å². The molecular formula is C34H47NO4. The maximum Gasteiger partial charge on any atom is 0.302 e. The number of allylic oxidation sites excluding steroid dienone is 4. The van der Waals surface area contributed by atoms with Gasteiger partial charge in [-0.2, -0.15) is 5.26 Å². The van der Waals surface area contributed by atoms with Gasteiger partial charge in [-0.1, -0.05) is 53.2 Å². The van der Waals surface area contributed by atoms with Crippen LogP contribution in [0, 0.1) is 62.1 Å². The van der Waals surface area contributed by atoms with E-state index in [4.69, 9.17) is 4.74 Å². The molecule has 0 saturated heterocycles. The van der Waals surface area contributed by atoms with Gasteiger partial charge < -0.3 is 4.74 Å². The third-order valence-electron chi connectivity index (χ3n) is 12.8. The number of esters is 1. The van der Waals surface area contributed by atoms with Gasteiger partial charge in [-0.3, -0.25) is 14.4 Å². The Labute approximate surface area is 234 Å². The Balaban J connectivity index is 1.58. The summed E-state index contributed by atoms with van der Waals surface area (Å²) in [6.07, 6.45) is 13.1. The summed E-state index contributed by atoms with van der Waals surface area (Å²) in [5.41, 5.74) is 0.929. The number of ketones is 2. The molecule has 0 aromatic carbocycles. The Hall–Kier alpha value is -2.22. The first kappa shape index (κ1) is 28.3. The first-order valence-electron chi connectivity index (χ1n) is 15.2. The van der Waals surface area contributed by atoms with Crippen LogP contribution >= 0.6 is 0 Å². The quantitative estimate of drug-likeness (QED) is 0.283. The van der Waals surface area contributed by atoms with Crippen molar-refractivity contribution in [3.63, 3.8) is 0 Å². The summed E-state index contributed by atoms with van der Waals surface area (Å²) in [6, 6.07) is 2.18. The van der Waals surface area contributed by atoms with E-state index in [1.54, 1.807) is 0 Å². The van der Waals surface area contributed by atoms with E-state index in [-0.39, 0.29) is 62.5 Å². The molecule has 5 nitrogen and oxygen atoms in total. The molecule has 212 valence electrons. The number of nitrogens with zero attached hydrogens (tertiary/aromatic N) is 1. The molecule has 0 radical (unpaired) electrons. The van der Waals surface area contributed by atoms with Gasteiger partial charge >= 0.3 is 5.97 Å². The molecule has 8 atom stereocenters. The minimum Gasteiger partial charge on any atom is -0.466 e. The summed E-state index contributed by atoms with van der Waals surface area (Å²) < 4.78 is 5.31. The lowest BCUT2D eigenvalue weighted by Crippen LogP contribution is -2.64. The zero-order valence-corrected chi connectivity index (χ0v) is 25.1. The molecule has 5 aliphatic carbocycles. The second-order valence-electron chi connectivity index (χ2n) is 15.2. The average Bonchev–Trinajstić information content (AvgIpc) is 2.86. The SMILES string of the molecule is CC(=O)OCCC[C@]12CCC(C)(C)C[C@H]1[C@H]1C(=O)C=C3[C@@]4(C)C=C(C#N)C(=O)[C@@H](C)[C@@H]4CC[C@@]3(C)[C@]1(C)CC2. The zero-order chi connectivity index (χ0) is 28.6. The van der Waals surface area contributed by atoms with Crippen LogP contribution < -0.4 is 0 Å². The Morgan fingerprint density at radius 3 is 2.41 bits per heavy atom. The topological polar surface area (TPSA) is 84.2 Å². The number of carbonyl (C=O) groups excluding carboxylic acids is 3. The molecule has 5 aliphatic rings. The van der Waals surface area contributed by atoms with Crippen LogP contribution in [0.5, 0.6) is 0 Å². The Bertz CT molecular complexity index is 1200. The van der Waals surface area contributed by atoms with E-state index in [0.717, 1.165) is 51.4 Å². The molecule has 3 fully saturated rings. The monoisotopic (exact) mass is 533 g/mol. The summed E-state index contributed by atoms with van der Waals surface area (Å²) in [6.45, 7) is 15.6. The molecular weight excluding hydrogens is 486 g/mol. The van der Waals surface area contributed by atoms with Gasteiger partial charge in [0.1, 0.15) is 6.07 Å². The minimum atomic E-state index is -0.459. The van der Waals surface area contributed by atoms with E-state index in [1.165, 1.54) is 18.9 Å². The fourth-order valence-electron chi connectivity index (χ4n) is 10.4. The second-order valence-corrected chi connectivity index (χ2v) is 15.2. The van der Waals surface area contributed by atoms with Crippen LogP contribution in [0.4, 0.5) is 0 Å². The van der Waals surface area contributed by atoms with Gasteiger partial charge in [0.2, 0.25) is 0 Å². The highest BCUT2D eigenvalue weighted by molar-refractivity contribution is 6.02. The van der Waals surface area contributed by atoms with Gasteiger partial charge in [0.15, 0.2) is 11.6 Å². The third-order valence-corrected chi connectivity index (χ3v) is 12.8. The van der Waals surface area contributed by atoms with Crippen molar-refractivity contribution in [2.24, 2.45) is 50.7 Å². The maximum atomic E-state index is 14.5. The van der Waals surface area contributed by atoms with Crippen LogP contribution in [0.2, 0.25) is 0 Å². The van der Waals surface area contributed by atoms with Crippen molar-refractivity contribution < 1.29 is 19.1 Å². The summed E-state index contributed by atoms with van der Waals surface area (Å²) in [4.78, 5) is 38.8. The van der Waals surface area contributed by atoms with E-state index in [1.807, 2.05) is 19.1 Å². The van der Waals surface area contributed by atoms with Crippen molar-refractivity contribution in [2.45, 2.75) is 106 Å².